The van der Waals surface area contributed by atoms with E-state index in [0.29, 0.717) is 36.2 Å². The number of methoxy groups -OCH3 is 1. The molecule has 0 spiro atoms. The van der Waals surface area contributed by atoms with Gasteiger partial charge in [0.15, 0.2) is 0 Å². The molecule has 2 aromatic carbocycles. The Morgan fingerprint density at radius 1 is 1.05 bits per heavy atom. The van der Waals surface area contributed by atoms with Gasteiger partial charge in [0, 0.05) is 45.3 Å². The molecule has 1 aliphatic rings. The number of anilines is 3. The van der Waals surface area contributed by atoms with Crippen LogP contribution in [0.4, 0.5) is 22.1 Å². The Bertz CT molecular complexity index is 1760. The summed E-state index contributed by atoms with van der Waals surface area (Å²) in [6.07, 6.45) is 2.61. The molecule has 1 N–H and O–H groups in total. The maximum atomic E-state index is 12.4. The van der Waals surface area contributed by atoms with Gasteiger partial charge in [0.1, 0.15) is 11.4 Å². The van der Waals surface area contributed by atoms with Crippen LogP contribution in [-0.2, 0) is 21.3 Å². The molecule has 1 saturated heterocycles. The van der Waals surface area contributed by atoms with Crippen molar-refractivity contribution in [1.29, 1.82) is 0 Å². The van der Waals surface area contributed by atoms with Gasteiger partial charge in [0.2, 0.25) is 16.0 Å². The normalized spacial score (nSPS) is 14.5. The molecule has 0 aliphatic carbocycles. The summed E-state index contributed by atoms with van der Waals surface area (Å²) >= 11 is 0. The van der Waals surface area contributed by atoms with Crippen molar-refractivity contribution < 1.29 is 22.7 Å². The number of para-hydroxylation sites is 1. The first-order chi connectivity index (χ1) is 20.8. The molecule has 12 nitrogen and oxygen atoms in total. The van der Waals surface area contributed by atoms with E-state index in [0.717, 1.165) is 42.0 Å². The van der Waals surface area contributed by atoms with E-state index < -0.39 is 15.6 Å². The third kappa shape index (κ3) is 7.05. The van der Waals surface area contributed by atoms with Crippen LogP contribution < -0.4 is 14.4 Å². The van der Waals surface area contributed by atoms with Gasteiger partial charge in [0.05, 0.1) is 42.1 Å². The summed E-state index contributed by atoms with van der Waals surface area (Å²) in [5.41, 5.74) is 4.03. The molecule has 2 aromatic heterocycles. The van der Waals surface area contributed by atoms with Gasteiger partial charge in [-0.05, 0) is 56.7 Å². The monoisotopic (exact) mass is 621 g/mol. The zero-order valence-corrected chi connectivity index (χ0v) is 26.8. The Balaban J connectivity index is 1.31. The van der Waals surface area contributed by atoms with Crippen LogP contribution in [0.2, 0.25) is 0 Å². The minimum Gasteiger partial charge on any atom is -0.495 e. The smallest absolute Gasteiger partial charge is 0.410 e. The summed E-state index contributed by atoms with van der Waals surface area (Å²) in [5, 5.41) is 7.99. The lowest BCUT2D eigenvalue weighted by atomic mass is 10.1. The summed E-state index contributed by atoms with van der Waals surface area (Å²) in [6, 6.07) is 17.0. The Kier molecular flexibility index (Phi) is 8.71. The molecule has 4 aromatic rings. The van der Waals surface area contributed by atoms with Crippen molar-refractivity contribution in [2.24, 2.45) is 0 Å². The van der Waals surface area contributed by atoms with E-state index in [9.17, 15) is 13.2 Å². The molecule has 1 aliphatic heterocycles. The molecule has 0 radical (unpaired) electrons. The minimum absolute atomic E-state index is 0.271. The lowest BCUT2D eigenvalue weighted by molar-refractivity contribution is 0.0139. The van der Waals surface area contributed by atoms with Crippen LogP contribution in [-0.4, -0.2) is 91.1 Å². The van der Waals surface area contributed by atoms with E-state index in [1.807, 2.05) is 63.2 Å². The molecule has 1 fully saturated rings. The van der Waals surface area contributed by atoms with Gasteiger partial charge in [-0.1, -0.05) is 24.3 Å². The van der Waals surface area contributed by atoms with Crippen LogP contribution in [0, 0.1) is 0 Å². The fourth-order valence-corrected chi connectivity index (χ4v) is 5.55. The number of aromatic nitrogens is 3. The quantitative estimate of drug-likeness (QED) is 0.301. The highest BCUT2D eigenvalue weighted by Crippen LogP contribution is 2.33. The van der Waals surface area contributed by atoms with E-state index in [1.165, 1.54) is 17.6 Å². The van der Waals surface area contributed by atoms with Crippen LogP contribution in [0.3, 0.4) is 0 Å². The Morgan fingerprint density at radius 3 is 2.45 bits per heavy atom. The number of nitrogens with zero attached hydrogens (tertiary/aromatic N) is 6. The van der Waals surface area contributed by atoms with Crippen LogP contribution in [0.5, 0.6) is 5.75 Å². The van der Waals surface area contributed by atoms with Gasteiger partial charge < -0.3 is 19.7 Å². The van der Waals surface area contributed by atoms with E-state index >= 15 is 0 Å². The van der Waals surface area contributed by atoms with Gasteiger partial charge in [-0.2, -0.15) is 0 Å². The van der Waals surface area contributed by atoms with Crippen LogP contribution in [0.15, 0.2) is 60.8 Å². The molecule has 0 bridgehead atoms. The third-order valence-electron chi connectivity index (χ3n) is 7.36. The first kappa shape index (κ1) is 31.1. The average Bonchev–Trinajstić information content (AvgIpc) is 3.39. The number of carbonyl (C=O) groups is 1. The average molecular weight is 622 g/mol. The number of rotatable bonds is 8. The predicted octanol–water partition coefficient (Wildman–Crippen LogP) is 4.60. The second kappa shape index (κ2) is 12.3. The number of nitrogens with one attached hydrogen (secondary N) is 1. The van der Waals surface area contributed by atoms with E-state index in [2.05, 4.69) is 15.2 Å². The molecule has 44 heavy (non-hydrogen) atoms. The summed E-state index contributed by atoms with van der Waals surface area (Å²) < 4.78 is 38.8. The predicted molar refractivity (Wildman–Crippen MR) is 171 cm³/mol. The molecular formula is C31H39N7O5S. The van der Waals surface area contributed by atoms with Gasteiger partial charge in [-0.3, -0.25) is 9.21 Å². The molecule has 5 rings (SSSR count). The van der Waals surface area contributed by atoms with E-state index in [-0.39, 0.29) is 6.09 Å². The lowest BCUT2D eigenvalue weighted by Gasteiger charge is -2.35. The SMILES string of the molecule is COc1cc(CN2CCN(C(=O)OC(C)(C)C)CC2)ccc1Nc1ncc2ccc(-c3ccccc3N(C)S(C)(=O)=O)n2n1. The number of carbonyl (C=O) groups excluding carboxylic acids is 1. The molecule has 234 valence electrons. The van der Waals surface area contributed by atoms with Crippen molar-refractivity contribution >= 4 is 39.0 Å². The number of amides is 1. The highest BCUT2D eigenvalue weighted by atomic mass is 32.2. The van der Waals surface area contributed by atoms with Crippen molar-refractivity contribution in [2.75, 3.05) is 56.2 Å². The molecule has 0 saturated carbocycles. The Hall–Kier alpha value is -4.36. The summed E-state index contributed by atoms with van der Waals surface area (Å²) in [5.74, 6) is 1.000. The molecule has 0 unspecified atom stereocenters. The van der Waals surface area contributed by atoms with Crippen molar-refractivity contribution in [1.82, 2.24) is 24.4 Å². The Labute approximate surface area is 258 Å². The molecular weight excluding hydrogens is 582 g/mol. The van der Waals surface area contributed by atoms with Gasteiger partial charge in [-0.25, -0.2) is 22.7 Å². The lowest BCUT2D eigenvalue weighted by Crippen LogP contribution is -2.49. The van der Waals surface area contributed by atoms with Gasteiger partial charge >= 0.3 is 6.09 Å². The summed E-state index contributed by atoms with van der Waals surface area (Å²) in [4.78, 5) is 20.9. The zero-order chi connectivity index (χ0) is 31.6. The fourth-order valence-electron chi connectivity index (χ4n) is 5.04. The topological polar surface area (TPSA) is 122 Å². The third-order valence-corrected chi connectivity index (χ3v) is 8.55. The summed E-state index contributed by atoms with van der Waals surface area (Å²) in [6.45, 7) is 9.06. The number of hydrogen-bond acceptors (Lipinski definition) is 9. The molecule has 13 heteroatoms. The van der Waals surface area contributed by atoms with Crippen molar-refractivity contribution in [3.63, 3.8) is 0 Å². The van der Waals surface area contributed by atoms with Crippen LogP contribution >= 0.6 is 0 Å². The van der Waals surface area contributed by atoms with Crippen molar-refractivity contribution in [3.05, 3.63) is 66.4 Å². The standard InChI is InChI=1S/C31H39N7O5S/c1-31(2,3)43-30(39)37-17-15-36(16-18-37)21-22-11-13-25(28(19-22)42-5)33-29-32-20-23-12-14-27(38(23)34-29)24-9-7-8-10-26(24)35(4)44(6,40)41/h7-14,19-20H,15-18,21H2,1-6H3,(H,33,34). The van der Waals surface area contributed by atoms with Crippen molar-refractivity contribution in [2.45, 2.75) is 32.9 Å². The molecule has 3 heterocycles. The first-order valence-corrected chi connectivity index (χ1v) is 16.2. The second-order valence-electron chi connectivity index (χ2n) is 11.8. The maximum Gasteiger partial charge on any atom is 0.410 e. The number of benzene rings is 2. The number of piperazine rings is 1. The van der Waals surface area contributed by atoms with Crippen molar-refractivity contribution in [3.8, 4) is 17.0 Å². The molecule has 0 atom stereocenters. The van der Waals surface area contributed by atoms with Crippen LogP contribution in [0.25, 0.3) is 16.8 Å². The molecule has 1 amide bonds. The maximum absolute atomic E-state index is 12.4. The number of hydrogen-bond donors (Lipinski definition) is 1. The van der Waals surface area contributed by atoms with E-state index in [1.54, 1.807) is 34.9 Å². The zero-order valence-electron chi connectivity index (χ0n) is 25.9. The van der Waals surface area contributed by atoms with E-state index in [4.69, 9.17) is 14.6 Å². The highest BCUT2D eigenvalue weighted by molar-refractivity contribution is 7.92. The number of sulfonamides is 1. The number of ether oxygens (including phenoxy) is 2. The van der Waals surface area contributed by atoms with Crippen LogP contribution in [0.1, 0.15) is 26.3 Å². The Morgan fingerprint density at radius 2 is 1.77 bits per heavy atom. The largest absolute Gasteiger partial charge is 0.495 e. The summed E-state index contributed by atoms with van der Waals surface area (Å²) in [7, 11) is -0.311. The van der Waals surface area contributed by atoms with Gasteiger partial charge in [0.25, 0.3) is 0 Å². The highest BCUT2D eigenvalue weighted by Gasteiger charge is 2.26. The minimum atomic E-state index is -3.46. The number of fused-ring (bicyclic) bond motifs is 1. The second-order valence-corrected chi connectivity index (χ2v) is 13.8. The fraction of sp³-hybridized carbons (Fsp3) is 0.387. The first-order valence-electron chi connectivity index (χ1n) is 14.3. The van der Waals surface area contributed by atoms with Gasteiger partial charge in [-0.15, -0.1) is 5.10 Å².